The first-order chi connectivity index (χ1) is 18.2. The molecule has 0 fully saturated rings. The van der Waals surface area contributed by atoms with Crippen LogP contribution in [-0.4, -0.2) is 42.4 Å². The summed E-state index contributed by atoms with van der Waals surface area (Å²) in [4.78, 5) is 13.2. The van der Waals surface area contributed by atoms with Gasteiger partial charge in [-0.15, -0.1) is 10.2 Å². The van der Waals surface area contributed by atoms with Gasteiger partial charge in [0.05, 0.1) is 9.92 Å². The number of hydrogen-bond donors (Lipinski definition) is 1. The van der Waals surface area contributed by atoms with Gasteiger partial charge < -0.3 is 10.1 Å². The van der Waals surface area contributed by atoms with E-state index < -0.39 is 10.0 Å². The van der Waals surface area contributed by atoms with Gasteiger partial charge in [-0.3, -0.25) is 4.79 Å². The molecule has 1 N–H and O–H groups in total. The van der Waals surface area contributed by atoms with Crippen LogP contribution in [0.25, 0.3) is 0 Å². The number of amides is 1. The SMILES string of the molecule is CN(C[C@@H](CC(=O)Nc1nnc(COc2ccc(Cl)cc2Cl)s1)c1ccccc1)S(=O)(=O)c1ccccc1. The van der Waals surface area contributed by atoms with Crippen molar-refractivity contribution in [1.82, 2.24) is 14.5 Å². The lowest BCUT2D eigenvalue weighted by molar-refractivity contribution is -0.116. The molecule has 1 heterocycles. The van der Waals surface area contributed by atoms with E-state index in [2.05, 4.69) is 15.5 Å². The molecule has 12 heteroatoms. The van der Waals surface area contributed by atoms with Crippen LogP contribution < -0.4 is 10.1 Å². The van der Waals surface area contributed by atoms with Crippen molar-refractivity contribution in [1.29, 1.82) is 0 Å². The Bertz CT molecular complexity index is 1490. The van der Waals surface area contributed by atoms with Gasteiger partial charge in [0.15, 0.2) is 5.01 Å². The third-order valence-corrected chi connectivity index (χ3v) is 8.77. The Morgan fingerprint density at radius 1 is 1.03 bits per heavy atom. The summed E-state index contributed by atoms with van der Waals surface area (Å²) in [6, 6.07) is 22.5. The largest absolute Gasteiger partial charge is 0.485 e. The summed E-state index contributed by atoms with van der Waals surface area (Å²) in [6.45, 7) is 0.232. The van der Waals surface area contributed by atoms with Crippen molar-refractivity contribution in [2.24, 2.45) is 0 Å². The zero-order chi connectivity index (χ0) is 27.1. The molecule has 1 amide bonds. The van der Waals surface area contributed by atoms with Crippen molar-refractivity contribution in [3.63, 3.8) is 0 Å². The molecule has 0 unspecified atom stereocenters. The second-order valence-electron chi connectivity index (χ2n) is 8.32. The molecule has 1 aromatic heterocycles. The highest BCUT2D eigenvalue weighted by Crippen LogP contribution is 2.29. The number of halogens is 2. The van der Waals surface area contributed by atoms with E-state index in [1.54, 1.807) is 48.5 Å². The minimum atomic E-state index is -3.72. The highest BCUT2D eigenvalue weighted by molar-refractivity contribution is 7.89. The van der Waals surface area contributed by atoms with E-state index in [-0.39, 0.29) is 36.3 Å². The van der Waals surface area contributed by atoms with Gasteiger partial charge in [-0.05, 0) is 35.9 Å². The fraction of sp³-hybridized carbons (Fsp3) is 0.192. The van der Waals surface area contributed by atoms with Gasteiger partial charge in [0, 0.05) is 31.0 Å². The van der Waals surface area contributed by atoms with Gasteiger partial charge in [0.25, 0.3) is 0 Å². The van der Waals surface area contributed by atoms with Crippen molar-refractivity contribution >= 4 is 55.6 Å². The van der Waals surface area contributed by atoms with Crippen molar-refractivity contribution in [2.75, 3.05) is 18.9 Å². The number of carbonyl (C=O) groups is 1. The van der Waals surface area contributed by atoms with Crippen LogP contribution in [-0.2, 0) is 21.4 Å². The Morgan fingerprint density at radius 2 is 1.71 bits per heavy atom. The van der Waals surface area contributed by atoms with Gasteiger partial charge in [0.1, 0.15) is 12.4 Å². The summed E-state index contributed by atoms with van der Waals surface area (Å²) in [5.41, 5.74) is 0.851. The Labute approximate surface area is 235 Å². The lowest BCUT2D eigenvalue weighted by Gasteiger charge is -2.24. The first-order valence-corrected chi connectivity index (χ1v) is 14.5. The van der Waals surface area contributed by atoms with Crippen molar-refractivity contribution in [3.8, 4) is 5.75 Å². The molecule has 1 atom stereocenters. The van der Waals surface area contributed by atoms with E-state index in [1.165, 1.54) is 22.7 Å². The zero-order valence-electron chi connectivity index (χ0n) is 20.3. The summed E-state index contributed by atoms with van der Waals surface area (Å²) in [7, 11) is -2.20. The number of sulfonamides is 1. The van der Waals surface area contributed by atoms with Crippen LogP contribution in [0.2, 0.25) is 10.0 Å². The van der Waals surface area contributed by atoms with E-state index in [1.807, 2.05) is 30.3 Å². The number of aromatic nitrogens is 2. The molecule has 0 spiro atoms. The lowest BCUT2D eigenvalue weighted by Crippen LogP contribution is -2.32. The van der Waals surface area contributed by atoms with E-state index in [0.29, 0.717) is 25.9 Å². The summed E-state index contributed by atoms with van der Waals surface area (Å²) >= 11 is 13.2. The number of anilines is 1. The standard InChI is InChI=1S/C26H24Cl2N4O4S2/c1-32(38(34,35)21-10-6-3-7-11-21)16-19(18-8-4-2-5-9-18)14-24(33)29-26-31-30-25(37-26)17-36-23-13-12-20(27)15-22(23)28/h2-13,15,19H,14,16-17H2,1H3,(H,29,31,33)/t19-/m1/s1. The van der Waals surface area contributed by atoms with Crippen LogP contribution >= 0.6 is 34.5 Å². The molecule has 0 saturated carbocycles. The van der Waals surface area contributed by atoms with Gasteiger partial charge >= 0.3 is 0 Å². The molecule has 0 radical (unpaired) electrons. The summed E-state index contributed by atoms with van der Waals surface area (Å²) < 4.78 is 33.1. The molecular formula is C26H24Cl2N4O4S2. The average Bonchev–Trinajstić information content (AvgIpc) is 3.35. The van der Waals surface area contributed by atoms with Crippen LogP contribution in [0.5, 0.6) is 5.75 Å². The number of carbonyl (C=O) groups excluding carboxylic acids is 1. The van der Waals surface area contributed by atoms with Crippen molar-refractivity contribution < 1.29 is 17.9 Å². The maximum absolute atomic E-state index is 13.1. The zero-order valence-corrected chi connectivity index (χ0v) is 23.4. The maximum atomic E-state index is 13.1. The van der Waals surface area contributed by atoms with Crippen LogP contribution in [0.3, 0.4) is 0 Å². The number of hydrogen-bond acceptors (Lipinski definition) is 7. The molecule has 0 aliphatic carbocycles. The number of rotatable bonds is 11. The average molecular weight is 592 g/mol. The highest BCUT2D eigenvalue weighted by Gasteiger charge is 2.26. The first kappa shape index (κ1) is 28.0. The van der Waals surface area contributed by atoms with E-state index in [9.17, 15) is 13.2 Å². The number of nitrogens with one attached hydrogen (secondary N) is 1. The smallest absolute Gasteiger partial charge is 0.242 e. The minimum Gasteiger partial charge on any atom is -0.485 e. The van der Waals surface area contributed by atoms with E-state index in [4.69, 9.17) is 27.9 Å². The number of nitrogens with zero attached hydrogens (tertiary/aromatic N) is 3. The Morgan fingerprint density at radius 3 is 2.39 bits per heavy atom. The number of ether oxygens (including phenoxy) is 1. The van der Waals surface area contributed by atoms with Crippen LogP contribution in [0.4, 0.5) is 5.13 Å². The lowest BCUT2D eigenvalue weighted by atomic mass is 9.95. The molecule has 198 valence electrons. The molecule has 38 heavy (non-hydrogen) atoms. The second-order valence-corrected chi connectivity index (χ2v) is 12.3. The number of benzene rings is 3. The fourth-order valence-electron chi connectivity index (χ4n) is 3.68. The molecule has 0 bridgehead atoms. The van der Waals surface area contributed by atoms with Crippen LogP contribution in [0.1, 0.15) is 22.9 Å². The van der Waals surface area contributed by atoms with E-state index >= 15 is 0 Å². The van der Waals surface area contributed by atoms with Gasteiger partial charge in [0.2, 0.25) is 21.1 Å². The van der Waals surface area contributed by atoms with Crippen molar-refractivity contribution in [2.45, 2.75) is 23.8 Å². The third-order valence-electron chi connectivity index (χ3n) is 5.59. The summed E-state index contributed by atoms with van der Waals surface area (Å²) in [6.07, 6.45) is 0.0461. The first-order valence-electron chi connectivity index (χ1n) is 11.5. The monoisotopic (exact) mass is 590 g/mol. The molecule has 3 aromatic carbocycles. The summed E-state index contributed by atoms with van der Waals surface area (Å²) in [5, 5.41) is 12.6. The quantitative estimate of drug-likeness (QED) is 0.235. The van der Waals surface area contributed by atoms with Gasteiger partial charge in [-0.1, -0.05) is 83.1 Å². The normalized spacial score (nSPS) is 12.3. The van der Waals surface area contributed by atoms with Crippen molar-refractivity contribution in [3.05, 3.63) is 99.5 Å². The molecule has 4 rings (SSSR count). The highest BCUT2D eigenvalue weighted by atomic mass is 35.5. The molecule has 0 saturated heterocycles. The van der Waals surface area contributed by atoms with Crippen LogP contribution in [0.15, 0.2) is 83.8 Å². The Hall–Kier alpha value is -3.02. The minimum absolute atomic E-state index is 0.0461. The maximum Gasteiger partial charge on any atom is 0.242 e. The molecular weight excluding hydrogens is 567 g/mol. The molecule has 0 aliphatic heterocycles. The topological polar surface area (TPSA) is 101 Å². The number of likely N-dealkylation sites (N-methyl/N-ethyl adjacent to an activating group) is 1. The second kappa shape index (κ2) is 12.7. The molecule has 4 aromatic rings. The molecule has 0 aliphatic rings. The van der Waals surface area contributed by atoms with Gasteiger partial charge in [-0.2, -0.15) is 0 Å². The van der Waals surface area contributed by atoms with Crippen LogP contribution in [0, 0.1) is 0 Å². The predicted molar refractivity (Wildman–Crippen MR) is 149 cm³/mol. The third kappa shape index (κ3) is 7.30. The summed E-state index contributed by atoms with van der Waals surface area (Å²) in [5.74, 6) is -0.242. The molecule has 8 nitrogen and oxygen atoms in total. The fourth-order valence-corrected chi connectivity index (χ4v) is 6.05. The van der Waals surface area contributed by atoms with E-state index in [0.717, 1.165) is 5.56 Å². The van der Waals surface area contributed by atoms with Gasteiger partial charge in [-0.25, -0.2) is 12.7 Å². The Balaban J connectivity index is 1.41. The predicted octanol–water partition coefficient (Wildman–Crippen LogP) is 5.86. The Kier molecular flexibility index (Phi) is 9.35.